The summed E-state index contributed by atoms with van der Waals surface area (Å²) < 4.78 is 2.12. The molecule has 2 amide bonds. The first-order valence-electron chi connectivity index (χ1n) is 8.38. The number of piperidine rings is 1. The third kappa shape index (κ3) is 4.45. The lowest BCUT2D eigenvalue weighted by atomic mass is 9.94. The average molecular weight is 307 g/mol. The van der Waals surface area contributed by atoms with Crippen LogP contribution in [0.4, 0.5) is 4.79 Å². The first kappa shape index (κ1) is 16.8. The molecular formula is C16H29N5O. The monoisotopic (exact) mass is 307 g/mol. The van der Waals surface area contributed by atoms with E-state index in [2.05, 4.69) is 47.8 Å². The van der Waals surface area contributed by atoms with E-state index in [0.29, 0.717) is 17.9 Å². The molecule has 0 bridgehead atoms. The van der Waals surface area contributed by atoms with Crippen molar-refractivity contribution in [3.8, 4) is 0 Å². The number of likely N-dealkylation sites (tertiary alicyclic amines) is 1. The molecule has 0 spiro atoms. The van der Waals surface area contributed by atoms with Crippen LogP contribution in [0.25, 0.3) is 0 Å². The molecule has 22 heavy (non-hydrogen) atoms. The Bertz CT molecular complexity index is 483. The van der Waals surface area contributed by atoms with E-state index in [1.54, 1.807) is 6.33 Å². The molecule has 6 nitrogen and oxygen atoms in total. The highest BCUT2D eigenvalue weighted by Gasteiger charge is 2.25. The van der Waals surface area contributed by atoms with E-state index in [4.69, 9.17) is 0 Å². The first-order chi connectivity index (χ1) is 10.5. The second-order valence-corrected chi connectivity index (χ2v) is 6.99. The fourth-order valence-electron chi connectivity index (χ4n) is 2.92. The molecule has 2 heterocycles. The van der Waals surface area contributed by atoms with Gasteiger partial charge in [0.2, 0.25) is 0 Å². The molecule has 1 aromatic heterocycles. The van der Waals surface area contributed by atoms with Gasteiger partial charge in [0.25, 0.3) is 0 Å². The lowest BCUT2D eigenvalue weighted by Gasteiger charge is -2.33. The quantitative estimate of drug-likeness (QED) is 0.909. The molecule has 2 rings (SSSR count). The van der Waals surface area contributed by atoms with Crippen LogP contribution in [-0.2, 0) is 6.42 Å². The van der Waals surface area contributed by atoms with Gasteiger partial charge in [0, 0.05) is 32.1 Å². The lowest BCUT2D eigenvalue weighted by molar-refractivity contribution is 0.163. The SMILES string of the molecule is CC(C)CNC(=O)N1CCCC(Cc2nncn2C(C)C)C1. The van der Waals surface area contributed by atoms with Crippen LogP contribution in [0, 0.1) is 11.8 Å². The number of rotatable bonds is 5. The Morgan fingerprint density at radius 3 is 2.86 bits per heavy atom. The van der Waals surface area contributed by atoms with Crippen LogP contribution in [0.2, 0.25) is 0 Å². The van der Waals surface area contributed by atoms with Gasteiger partial charge in [-0.1, -0.05) is 13.8 Å². The molecule has 0 aromatic carbocycles. The van der Waals surface area contributed by atoms with Gasteiger partial charge >= 0.3 is 6.03 Å². The molecule has 1 N–H and O–H groups in total. The van der Waals surface area contributed by atoms with E-state index in [1.165, 1.54) is 0 Å². The van der Waals surface area contributed by atoms with Crippen LogP contribution in [-0.4, -0.2) is 45.3 Å². The molecule has 0 saturated carbocycles. The van der Waals surface area contributed by atoms with Gasteiger partial charge in [0.1, 0.15) is 12.2 Å². The van der Waals surface area contributed by atoms with Crippen molar-refractivity contribution in [1.82, 2.24) is 25.0 Å². The van der Waals surface area contributed by atoms with Crippen molar-refractivity contribution >= 4 is 6.03 Å². The summed E-state index contributed by atoms with van der Waals surface area (Å²) >= 11 is 0. The molecule has 1 unspecified atom stereocenters. The van der Waals surface area contributed by atoms with Crippen molar-refractivity contribution in [3.05, 3.63) is 12.2 Å². The van der Waals surface area contributed by atoms with Crippen LogP contribution in [0.1, 0.15) is 52.4 Å². The van der Waals surface area contributed by atoms with Crippen molar-refractivity contribution in [2.75, 3.05) is 19.6 Å². The van der Waals surface area contributed by atoms with Gasteiger partial charge in [-0.2, -0.15) is 0 Å². The third-order valence-electron chi connectivity index (χ3n) is 4.14. The second-order valence-electron chi connectivity index (χ2n) is 6.99. The first-order valence-corrected chi connectivity index (χ1v) is 8.38. The van der Waals surface area contributed by atoms with Crippen LogP contribution in [0.15, 0.2) is 6.33 Å². The zero-order valence-electron chi connectivity index (χ0n) is 14.2. The van der Waals surface area contributed by atoms with Crippen molar-refractivity contribution in [1.29, 1.82) is 0 Å². The third-order valence-corrected chi connectivity index (χ3v) is 4.14. The minimum Gasteiger partial charge on any atom is -0.338 e. The zero-order valence-corrected chi connectivity index (χ0v) is 14.2. The number of aromatic nitrogens is 3. The van der Waals surface area contributed by atoms with Crippen LogP contribution in [0.3, 0.4) is 0 Å². The lowest BCUT2D eigenvalue weighted by Crippen LogP contribution is -2.46. The van der Waals surface area contributed by atoms with Crippen molar-refractivity contribution in [2.24, 2.45) is 11.8 Å². The van der Waals surface area contributed by atoms with Gasteiger partial charge in [-0.15, -0.1) is 10.2 Å². The minimum absolute atomic E-state index is 0.0729. The van der Waals surface area contributed by atoms with Crippen LogP contribution in [0.5, 0.6) is 0 Å². The summed E-state index contributed by atoms with van der Waals surface area (Å²) in [5.41, 5.74) is 0. The summed E-state index contributed by atoms with van der Waals surface area (Å²) in [7, 11) is 0. The van der Waals surface area contributed by atoms with Gasteiger partial charge in [0.15, 0.2) is 0 Å². The molecular weight excluding hydrogens is 278 g/mol. The van der Waals surface area contributed by atoms with E-state index in [1.807, 2.05) is 4.90 Å². The van der Waals surface area contributed by atoms with Crippen molar-refractivity contribution < 1.29 is 4.79 Å². The average Bonchev–Trinajstić information content (AvgIpc) is 2.93. The van der Waals surface area contributed by atoms with Gasteiger partial charge in [0.05, 0.1) is 0 Å². The van der Waals surface area contributed by atoms with Gasteiger partial charge in [-0.05, 0) is 38.5 Å². The maximum absolute atomic E-state index is 12.2. The number of amides is 2. The Balaban J connectivity index is 1.90. The molecule has 0 radical (unpaired) electrons. The number of carbonyl (C=O) groups is 1. The summed E-state index contributed by atoms with van der Waals surface area (Å²) in [5, 5.41) is 11.3. The van der Waals surface area contributed by atoms with Gasteiger partial charge < -0.3 is 14.8 Å². The van der Waals surface area contributed by atoms with E-state index in [0.717, 1.165) is 44.7 Å². The maximum atomic E-state index is 12.2. The number of carbonyl (C=O) groups excluding carboxylic acids is 1. The van der Waals surface area contributed by atoms with E-state index < -0.39 is 0 Å². The number of nitrogens with zero attached hydrogens (tertiary/aromatic N) is 4. The highest BCUT2D eigenvalue weighted by molar-refractivity contribution is 5.74. The zero-order chi connectivity index (χ0) is 16.1. The van der Waals surface area contributed by atoms with Crippen molar-refractivity contribution in [2.45, 2.75) is 53.0 Å². The second kappa shape index (κ2) is 7.61. The topological polar surface area (TPSA) is 63.1 Å². The fraction of sp³-hybridized carbons (Fsp3) is 0.812. The van der Waals surface area contributed by atoms with Gasteiger partial charge in [-0.25, -0.2) is 4.79 Å². The Morgan fingerprint density at radius 2 is 2.18 bits per heavy atom. The minimum atomic E-state index is 0.0729. The van der Waals surface area contributed by atoms with E-state index in [-0.39, 0.29) is 6.03 Å². The summed E-state index contributed by atoms with van der Waals surface area (Å²) in [6.45, 7) is 10.9. The predicted molar refractivity (Wildman–Crippen MR) is 86.6 cm³/mol. The predicted octanol–water partition coefficient (Wildman–Crippen LogP) is 2.48. The summed E-state index contributed by atoms with van der Waals surface area (Å²) in [4.78, 5) is 14.2. The molecule has 1 aliphatic rings. The normalized spacial score (nSPS) is 19.0. The number of urea groups is 1. The Hall–Kier alpha value is -1.59. The fourth-order valence-corrected chi connectivity index (χ4v) is 2.92. The molecule has 1 saturated heterocycles. The molecule has 1 aliphatic heterocycles. The van der Waals surface area contributed by atoms with E-state index in [9.17, 15) is 4.79 Å². The standard InChI is InChI=1S/C16H29N5O/c1-12(2)9-17-16(22)20-7-5-6-14(10-20)8-15-19-18-11-21(15)13(3)4/h11-14H,5-10H2,1-4H3,(H,17,22). The molecule has 124 valence electrons. The highest BCUT2D eigenvalue weighted by atomic mass is 16.2. The maximum Gasteiger partial charge on any atom is 0.317 e. The highest BCUT2D eigenvalue weighted by Crippen LogP contribution is 2.21. The van der Waals surface area contributed by atoms with Crippen molar-refractivity contribution in [3.63, 3.8) is 0 Å². The molecule has 6 heteroatoms. The Labute approximate surface area is 133 Å². The number of hydrogen-bond donors (Lipinski definition) is 1. The smallest absolute Gasteiger partial charge is 0.317 e. The van der Waals surface area contributed by atoms with Crippen LogP contribution >= 0.6 is 0 Å². The Kier molecular flexibility index (Phi) is 5.80. The Morgan fingerprint density at radius 1 is 1.41 bits per heavy atom. The van der Waals surface area contributed by atoms with Gasteiger partial charge in [-0.3, -0.25) is 0 Å². The largest absolute Gasteiger partial charge is 0.338 e. The molecule has 1 atom stereocenters. The number of nitrogens with one attached hydrogen (secondary N) is 1. The molecule has 1 aromatic rings. The molecule has 0 aliphatic carbocycles. The van der Waals surface area contributed by atoms with Crippen LogP contribution < -0.4 is 5.32 Å². The summed E-state index contributed by atoms with van der Waals surface area (Å²) in [6, 6.07) is 0.447. The van der Waals surface area contributed by atoms with E-state index >= 15 is 0 Å². The molecule has 1 fully saturated rings. The summed E-state index contributed by atoms with van der Waals surface area (Å²) in [5.74, 6) is 1.99. The summed E-state index contributed by atoms with van der Waals surface area (Å²) in [6.07, 6.45) is 4.91. The number of hydrogen-bond acceptors (Lipinski definition) is 3.